The highest BCUT2D eigenvalue weighted by molar-refractivity contribution is 5.73. The molecule has 0 aliphatic rings. The van der Waals surface area contributed by atoms with Crippen LogP contribution in [0.2, 0.25) is 0 Å². The first-order valence-corrected chi connectivity index (χ1v) is 7.31. The topological polar surface area (TPSA) is 44.8 Å². The molecule has 0 spiro atoms. The van der Waals surface area contributed by atoms with Gasteiger partial charge in [-0.25, -0.2) is 0 Å². The number of hydrogen-bond donors (Lipinski definition) is 0. The fourth-order valence-electron chi connectivity index (χ4n) is 1.90. The lowest BCUT2D eigenvalue weighted by Crippen LogP contribution is -2.34. The molecule has 0 aromatic carbocycles. The quantitative estimate of drug-likeness (QED) is 0.508. The molecule has 0 radical (unpaired) electrons. The lowest BCUT2D eigenvalue weighted by molar-refractivity contribution is -0.155. The third kappa shape index (κ3) is 9.32. The minimum absolute atomic E-state index is 0.0959. The van der Waals surface area contributed by atoms with Gasteiger partial charge >= 0.3 is 5.97 Å². The fraction of sp³-hybridized carbons (Fsp3) is 0.938. The number of carbonyl (C=O) groups is 1. The van der Waals surface area contributed by atoms with E-state index in [2.05, 4.69) is 41.5 Å². The average Bonchev–Trinajstić information content (AvgIpc) is 2.28. The van der Waals surface area contributed by atoms with Crippen LogP contribution in [-0.2, 0) is 19.0 Å². The molecule has 4 heteroatoms. The Bertz CT molecular complexity index is 273. The van der Waals surface area contributed by atoms with Crippen LogP contribution < -0.4 is 0 Å². The van der Waals surface area contributed by atoms with E-state index < -0.39 is 0 Å². The maximum absolute atomic E-state index is 12.3. The summed E-state index contributed by atoms with van der Waals surface area (Å²) in [5.41, 5.74) is 0.00715. The van der Waals surface area contributed by atoms with Crippen LogP contribution >= 0.6 is 0 Å². The Morgan fingerprint density at radius 3 is 1.95 bits per heavy atom. The lowest BCUT2D eigenvalue weighted by Gasteiger charge is -2.33. The van der Waals surface area contributed by atoms with Gasteiger partial charge in [0.05, 0.1) is 25.7 Å². The minimum Gasteiger partial charge on any atom is -0.463 e. The van der Waals surface area contributed by atoms with Crippen molar-refractivity contribution in [1.29, 1.82) is 0 Å². The summed E-state index contributed by atoms with van der Waals surface area (Å²) in [6.45, 7) is 14.5. The Morgan fingerprint density at radius 1 is 0.950 bits per heavy atom. The van der Waals surface area contributed by atoms with Crippen LogP contribution in [-0.4, -0.2) is 39.5 Å². The lowest BCUT2D eigenvalue weighted by atomic mass is 9.72. The van der Waals surface area contributed by atoms with Crippen molar-refractivity contribution >= 4 is 5.97 Å². The first-order valence-electron chi connectivity index (χ1n) is 7.31. The van der Waals surface area contributed by atoms with Gasteiger partial charge in [0.15, 0.2) is 0 Å². The minimum atomic E-state index is -0.122. The van der Waals surface area contributed by atoms with Crippen molar-refractivity contribution in [2.75, 3.05) is 33.5 Å². The normalized spacial score (nSPS) is 14.2. The monoisotopic (exact) mass is 288 g/mol. The van der Waals surface area contributed by atoms with Crippen molar-refractivity contribution in [3.05, 3.63) is 0 Å². The highest BCUT2D eigenvalue weighted by Crippen LogP contribution is 2.36. The maximum Gasteiger partial charge on any atom is 0.309 e. The summed E-state index contributed by atoms with van der Waals surface area (Å²) >= 11 is 0. The van der Waals surface area contributed by atoms with Gasteiger partial charge in [-0.3, -0.25) is 4.79 Å². The van der Waals surface area contributed by atoms with E-state index in [0.717, 1.165) is 6.42 Å². The summed E-state index contributed by atoms with van der Waals surface area (Å²) < 4.78 is 15.5. The third-order valence-corrected chi connectivity index (χ3v) is 3.05. The molecule has 1 unspecified atom stereocenters. The van der Waals surface area contributed by atoms with Gasteiger partial charge in [0.25, 0.3) is 0 Å². The third-order valence-electron chi connectivity index (χ3n) is 3.05. The molecule has 4 nitrogen and oxygen atoms in total. The standard InChI is InChI=1S/C16H32O4/c1-15(2,3)12-13(16(4,5)6)14(17)20-11-10-19-9-8-18-7/h13H,8-12H2,1-7H3. The second kappa shape index (κ2) is 8.63. The van der Waals surface area contributed by atoms with Crippen molar-refractivity contribution in [2.45, 2.75) is 48.0 Å². The molecule has 0 aromatic heterocycles. The van der Waals surface area contributed by atoms with Crippen LogP contribution in [0.1, 0.15) is 48.0 Å². The van der Waals surface area contributed by atoms with Crippen molar-refractivity contribution < 1.29 is 19.0 Å². The van der Waals surface area contributed by atoms with E-state index in [1.54, 1.807) is 7.11 Å². The van der Waals surface area contributed by atoms with Crippen LogP contribution in [0.3, 0.4) is 0 Å². The molecule has 0 fully saturated rings. The van der Waals surface area contributed by atoms with Gasteiger partial charge in [-0.05, 0) is 17.3 Å². The average molecular weight is 288 g/mol. The van der Waals surface area contributed by atoms with Gasteiger partial charge in [0.2, 0.25) is 0 Å². The van der Waals surface area contributed by atoms with Gasteiger partial charge in [0, 0.05) is 7.11 Å². The second-order valence-corrected chi connectivity index (χ2v) is 7.46. The van der Waals surface area contributed by atoms with E-state index in [9.17, 15) is 4.79 Å². The molecule has 0 rings (SSSR count). The summed E-state index contributed by atoms with van der Waals surface area (Å²) in [4.78, 5) is 12.3. The van der Waals surface area contributed by atoms with Crippen LogP contribution in [0.5, 0.6) is 0 Å². The Hall–Kier alpha value is -0.610. The molecule has 0 saturated heterocycles. The van der Waals surface area contributed by atoms with Crippen molar-refractivity contribution in [3.63, 3.8) is 0 Å². The number of methoxy groups -OCH3 is 1. The number of ether oxygens (including phenoxy) is 3. The predicted molar refractivity (Wildman–Crippen MR) is 80.7 cm³/mol. The molecule has 0 bridgehead atoms. The van der Waals surface area contributed by atoms with Crippen LogP contribution in [0.25, 0.3) is 0 Å². The van der Waals surface area contributed by atoms with Gasteiger partial charge in [-0.15, -0.1) is 0 Å². The molecule has 0 aromatic rings. The predicted octanol–water partition coefficient (Wildman–Crippen LogP) is 3.29. The van der Waals surface area contributed by atoms with Gasteiger partial charge < -0.3 is 14.2 Å². The first-order chi connectivity index (χ1) is 9.08. The van der Waals surface area contributed by atoms with Gasteiger partial charge in [-0.2, -0.15) is 0 Å². The molecule has 0 N–H and O–H groups in total. The summed E-state index contributed by atoms with van der Waals surface area (Å²) in [6.07, 6.45) is 0.819. The number of carbonyl (C=O) groups excluding carboxylic acids is 1. The highest BCUT2D eigenvalue weighted by atomic mass is 16.6. The first kappa shape index (κ1) is 19.4. The molecular weight excluding hydrogens is 256 g/mol. The van der Waals surface area contributed by atoms with E-state index in [-0.39, 0.29) is 22.7 Å². The molecule has 1 atom stereocenters. The zero-order chi connectivity index (χ0) is 15.8. The molecule has 0 aliphatic carbocycles. The van der Waals surface area contributed by atoms with Crippen LogP contribution in [0.15, 0.2) is 0 Å². The van der Waals surface area contributed by atoms with Gasteiger partial charge in [0.1, 0.15) is 6.61 Å². The molecule has 0 saturated carbocycles. The zero-order valence-corrected chi connectivity index (χ0v) is 14.2. The Morgan fingerprint density at radius 2 is 1.50 bits per heavy atom. The van der Waals surface area contributed by atoms with Crippen LogP contribution in [0, 0.1) is 16.7 Å². The largest absolute Gasteiger partial charge is 0.463 e. The Kier molecular flexibility index (Phi) is 8.36. The number of rotatable bonds is 8. The van der Waals surface area contributed by atoms with Gasteiger partial charge in [-0.1, -0.05) is 41.5 Å². The smallest absolute Gasteiger partial charge is 0.309 e. The summed E-state index contributed by atoms with van der Waals surface area (Å²) in [5, 5.41) is 0. The molecule has 0 aliphatic heterocycles. The maximum atomic E-state index is 12.3. The summed E-state index contributed by atoms with van der Waals surface area (Å²) in [6, 6.07) is 0. The van der Waals surface area contributed by atoms with E-state index in [1.165, 1.54) is 0 Å². The Labute approximate surface area is 124 Å². The van der Waals surface area contributed by atoms with E-state index >= 15 is 0 Å². The zero-order valence-electron chi connectivity index (χ0n) is 14.2. The molecule has 0 amide bonds. The summed E-state index contributed by atoms with van der Waals surface area (Å²) in [5.74, 6) is -0.218. The Balaban J connectivity index is 4.23. The van der Waals surface area contributed by atoms with Crippen molar-refractivity contribution in [2.24, 2.45) is 16.7 Å². The molecule has 120 valence electrons. The van der Waals surface area contributed by atoms with E-state index in [1.807, 2.05) is 0 Å². The summed E-state index contributed by atoms with van der Waals surface area (Å²) in [7, 11) is 1.63. The van der Waals surface area contributed by atoms with E-state index in [0.29, 0.717) is 26.4 Å². The molecule has 0 heterocycles. The van der Waals surface area contributed by atoms with Crippen molar-refractivity contribution in [3.8, 4) is 0 Å². The second-order valence-electron chi connectivity index (χ2n) is 7.46. The molecular formula is C16H32O4. The van der Waals surface area contributed by atoms with E-state index in [4.69, 9.17) is 14.2 Å². The van der Waals surface area contributed by atoms with Crippen molar-refractivity contribution in [1.82, 2.24) is 0 Å². The fourth-order valence-corrected chi connectivity index (χ4v) is 1.90. The molecule has 20 heavy (non-hydrogen) atoms. The number of esters is 1. The number of hydrogen-bond acceptors (Lipinski definition) is 4. The highest BCUT2D eigenvalue weighted by Gasteiger charge is 2.35. The van der Waals surface area contributed by atoms with Crippen LogP contribution in [0.4, 0.5) is 0 Å². The SMILES string of the molecule is COCCOCCOC(=O)C(CC(C)(C)C)C(C)(C)C.